The van der Waals surface area contributed by atoms with E-state index < -0.39 is 10.8 Å². The molecule has 0 radical (unpaired) electrons. The highest BCUT2D eigenvalue weighted by Gasteiger charge is 2.61. The van der Waals surface area contributed by atoms with Crippen LogP contribution in [0.15, 0.2) is 291 Å². The predicted octanol–water partition coefficient (Wildman–Crippen LogP) is 17.3. The largest absolute Gasteiger partial charge is 0.310 e. The molecule has 1 aliphatic rings. The summed E-state index contributed by atoms with van der Waals surface area (Å²) in [4.78, 5) is 2.49. The quantitative estimate of drug-likeness (QED) is 0.140. The molecule has 12 aromatic rings. The zero-order valence-corrected chi connectivity index (χ0v) is 38.6. The Hall–Kier alpha value is -8.98. The first-order valence-electron chi connectivity index (χ1n) is 24.3. The Bertz CT molecular complexity index is 3750. The Morgan fingerprint density at radius 2 is 0.771 bits per heavy atom. The number of para-hydroxylation sites is 3. The Balaban J connectivity index is 1.17. The minimum atomic E-state index is -0.817. The van der Waals surface area contributed by atoms with Crippen molar-refractivity contribution in [2.75, 3.05) is 4.90 Å². The van der Waals surface area contributed by atoms with Crippen LogP contribution in [0.1, 0.15) is 33.4 Å². The van der Waals surface area contributed by atoms with Crippen molar-refractivity contribution in [3.63, 3.8) is 0 Å². The van der Waals surface area contributed by atoms with Crippen LogP contribution in [0, 0.1) is 0 Å². The molecule has 11 aromatic carbocycles. The third-order valence-corrected chi connectivity index (χ3v) is 14.8. The van der Waals surface area contributed by atoms with Gasteiger partial charge in [0.25, 0.3) is 0 Å². The van der Waals surface area contributed by atoms with E-state index in [2.05, 4.69) is 301 Å². The van der Waals surface area contributed by atoms with Crippen LogP contribution in [0.5, 0.6) is 0 Å². The van der Waals surface area contributed by atoms with Gasteiger partial charge in [-0.15, -0.1) is 0 Å². The smallest absolute Gasteiger partial charge is 0.0636 e. The molecule has 70 heavy (non-hydrogen) atoms. The molecule has 0 N–H and O–H groups in total. The van der Waals surface area contributed by atoms with E-state index in [0.29, 0.717) is 0 Å². The van der Waals surface area contributed by atoms with Crippen molar-refractivity contribution in [2.45, 2.75) is 10.8 Å². The minimum Gasteiger partial charge on any atom is -0.310 e. The van der Waals surface area contributed by atoms with Crippen LogP contribution >= 0.6 is 0 Å². The minimum absolute atomic E-state index is 0.783. The van der Waals surface area contributed by atoms with Gasteiger partial charge in [-0.25, -0.2) is 0 Å². The first-order valence-corrected chi connectivity index (χ1v) is 24.3. The van der Waals surface area contributed by atoms with Gasteiger partial charge in [-0.1, -0.05) is 237 Å². The van der Waals surface area contributed by atoms with Gasteiger partial charge in [0.1, 0.15) is 0 Å². The molecule has 1 heterocycles. The van der Waals surface area contributed by atoms with Crippen molar-refractivity contribution in [2.24, 2.45) is 0 Å². The topological polar surface area (TPSA) is 8.17 Å². The molecule has 0 saturated carbocycles. The molecular formula is C68H48N2. The van der Waals surface area contributed by atoms with Gasteiger partial charge >= 0.3 is 0 Å². The van der Waals surface area contributed by atoms with E-state index in [-0.39, 0.29) is 0 Å². The van der Waals surface area contributed by atoms with E-state index in [1.807, 2.05) is 0 Å². The van der Waals surface area contributed by atoms with Crippen LogP contribution in [-0.2, 0) is 10.8 Å². The normalized spacial score (nSPS) is 14.7. The fraction of sp³-hybridized carbons (Fsp3) is 0.0294. The van der Waals surface area contributed by atoms with Gasteiger partial charge in [-0.05, 0) is 110 Å². The standard InChI is InChI=1S/C68H48N2/c1-7-24-49(25-8-1)50-42-44-54(45-43-50)67(51-26-9-2-10-27-51)61-38-21-19-36-58(61)59-47-46-57(48-62(59)68(67,52-28-11-3-12-29-52)53-30-13-4-14-31-53)69(55-32-15-5-16-33-55)64-40-23-41-65-66(64)60-37-20-22-39-63(60)70(65)56-34-17-6-18-35-56/h1-48H. The van der Waals surface area contributed by atoms with Crippen LogP contribution < -0.4 is 4.90 Å². The van der Waals surface area contributed by atoms with Gasteiger partial charge in [0.15, 0.2) is 0 Å². The highest BCUT2D eigenvalue weighted by molar-refractivity contribution is 6.16. The maximum atomic E-state index is 2.53. The Morgan fingerprint density at radius 1 is 0.300 bits per heavy atom. The van der Waals surface area contributed by atoms with E-state index in [4.69, 9.17) is 0 Å². The first kappa shape index (κ1) is 41.2. The maximum absolute atomic E-state index is 2.53. The lowest BCUT2D eigenvalue weighted by atomic mass is 9.43. The lowest BCUT2D eigenvalue weighted by Gasteiger charge is -2.57. The van der Waals surface area contributed by atoms with E-state index in [1.165, 1.54) is 71.9 Å². The van der Waals surface area contributed by atoms with Gasteiger partial charge in [-0.3, -0.25) is 0 Å². The molecule has 0 amide bonds. The molecule has 2 nitrogen and oxygen atoms in total. The van der Waals surface area contributed by atoms with Gasteiger partial charge in [0, 0.05) is 27.8 Å². The Morgan fingerprint density at radius 3 is 1.41 bits per heavy atom. The van der Waals surface area contributed by atoms with Crippen molar-refractivity contribution >= 4 is 38.9 Å². The van der Waals surface area contributed by atoms with Crippen molar-refractivity contribution in [1.29, 1.82) is 0 Å². The molecule has 1 aromatic heterocycles. The molecule has 2 heteroatoms. The molecule has 0 bridgehead atoms. The lowest BCUT2D eigenvalue weighted by Crippen LogP contribution is -2.54. The molecule has 0 fully saturated rings. The van der Waals surface area contributed by atoms with Crippen molar-refractivity contribution in [3.05, 3.63) is 325 Å². The molecule has 0 aliphatic heterocycles. The number of fused-ring (bicyclic) bond motifs is 6. The van der Waals surface area contributed by atoms with Gasteiger partial charge < -0.3 is 9.47 Å². The van der Waals surface area contributed by atoms with Crippen molar-refractivity contribution in [3.8, 4) is 27.9 Å². The zero-order chi connectivity index (χ0) is 46.5. The number of aromatic nitrogens is 1. The van der Waals surface area contributed by atoms with Crippen molar-refractivity contribution < 1.29 is 0 Å². The van der Waals surface area contributed by atoms with Gasteiger partial charge in [-0.2, -0.15) is 0 Å². The Kier molecular flexibility index (Phi) is 9.99. The summed E-state index contributed by atoms with van der Waals surface area (Å²) in [5.41, 5.74) is 17.3. The van der Waals surface area contributed by atoms with Crippen LogP contribution in [0.25, 0.3) is 49.7 Å². The van der Waals surface area contributed by atoms with Crippen LogP contribution in [0.3, 0.4) is 0 Å². The summed E-state index contributed by atoms with van der Waals surface area (Å²) in [5, 5.41) is 2.40. The second-order valence-electron chi connectivity index (χ2n) is 18.3. The third kappa shape index (κ3) is 6.20. The molecule has 0 spiro atoms. The summed E-state index contributed by atoms with van der Waals surface area (Å²) in [5.74, 6) is 0. The lowest BCUT2D eigenvalue weighted by molar-refractivity contribution is 0.415. The number of hydrogen-bond donors (Lipinski definition) is 0. The molecule has 330 valence electrons. The highest BCUT2D eigenvalue weighted by Crippen LogP contribution is 2.66. The number of benzene rings is 11. The van der Waals surface area contributed by atoms with E-state index in [1.54, 1.807) is 0 Å². The van der Waals surface area contributed by atoms with Crippen molar-refractivity contribution in [1.82, 2.24) is 4.57 Å². The number of hydrogen-bond acceptors (Lipinski definition) is 1. The predicted molar refractivity (Wildman–Crippen MR) is 292 cm³/mol. The molecule has 1 aliphatic carbocycles. The van der Waals surface area contributed by atoms with Crippen LogP contribution in [0.2, 0.25) is 0 Å². The summed E-state index contributed by atoms with van der Waals surface area (Å²) in [6.07, 6.45) is 0. The molecule has 1 unspecified atom stereocenters. The average Bonchev–Trinajstić information content (AvgIpc) is 3.79. The summed E-state index contributed by atoms with van der Waals surface area (Å²) < 4.78 is 2.41. The first-order chi connectivity index (χ1) is 34.8. The summed E-state index contributed by atoms with van der Waals surface area (Å²) >= 11 is 0. The van der Waals surface area contributed by atoms with E-state index >= 15 is 0 Å². The second-order valence-corrected chi connectivity index (χ2v) is 18.3. The van der Waals surface area contributed by atoms with Gasteiger partial charge in [0.2, 0.25) is 0 Å². The molecule has 0 saturated heterocycles. The zero-order valence-electron chi connectivity index (χ0n) is 38.6. The fourth-order valence-corrected chi connectivity index (χ4v) is 12.1. The SMILES string of the molecule is c1ccc(-c2ccc(C3(c4ccccc4)c4ccccc4-c4ccc(N(c5ccccc5)c5cccc6c5c5ccccc5n6-c5ccccc5)cc4C3(c3ccccc3)c3ccccc3)cc2)cc1. The van der Waals surface area contributed by atoms with Gasteiger partial charge in [0.05, 0.1) is 27.6 Å². The monoisotopic (exact) mass is 892 g/mol. The summed E-state index contributed by atoms with van der Waals surface area (Å²) in [6, 6.07) is 108. The molecule has 1 atom stereocenters. The average molecular weight is 893 g/mol. The maximum Gasteiger partial charge on any atom is 0.0636 e. The summed E-state index contributed by atoms with van der Waals surface area (Å²) in [7, 11) is 0. The number of rotatable bonds is 9. The van der Waals surface area contributed by atoms with E-state index in [0.717, 1.165) is 28.3 Å². The number of nitrogens with zero attached hydrogens (tertiary/aromatic N) is 2. The Labute approximate surface area is 409 Å². The van der Waals surface area contributed by atoms with E-state index in [9.17, 15) is 0 Å². The third-order valence-electron chi connectivity index (χ3n) is 14.8. The summed E-state index contributed by atoms with van der Waals surface area (Å²) in [6.45, 7) is 0. The fourth-order valence-electron chi connectivity index (χ4n) is 12.1. The van der Waals surface area contributed by atoms with Crippen LogP contribution in [0.4, 0.5) is 17.1 Å². The van der Waals surface area contributed by atoms with Crippen LogP contribution in [-0.4, -0.2) is 4.57 Å². The number of anilines is 3. The molecular weight excluding hydrogens is 845 g/mol. The molecule has 13 rings (SSSR count). The second kappa shape index (κ2) is 17.0. The highest BCUT2D eigenvalue weighted by atomic mass is 15.1.